The van der Waals surface area contributed by atoms with E-state index in [2.05, 4.69) is 49.4 Å². The largest absolute Gasteiger partial charge is 0.122 e. The average Bonchev–Trinajstić information content (AvgIpc) is 2.38. The van der Waals surface area contributed by atoms with Gasteiger partial charge in [-0.1, -0.05) is 54.6 Å². The molecule has 0 atom stereocenters. The van der Waals surface area contributed by atoms with Gasteiger partial charge < -0.3 is 0 Å². The molecule has 0 aromatic heterocycles. The van der Waals surface area contributed by atoms with Gasteiger partial charge in [0.1, 0.15) is 0 Å². The fraction of sp³-hybridized carbons (Fsp3) is 0.200. The van der Waals surface area contributed by atoms with Crippen molar-refractivity contribution in [2.24, 2.45) is 0 Å². The number of aryl methyl sites for hydroxylation is 1. The summed E-state index contributed by atoms with van der Waals surface area (Å²) in [4.78, 5) is 0. The normalized spacial score (nSPS) is 10.7. The van der Waals surface area contributed by atoms with Crippen LogP contribution in [-0.4, -0.2) is 10.2 Å². The number of halogens is 1. The lowest BCUT2D eigenvalue weighted by molar-refractivity contribution is 1.14. The van der Waals surface area contributed by atoms with Crippen LogP contribution in [0.3, 0.4) is 0 Å². The zero-order valence-corrected chi connectivity index (χ0v) is 13.1. The van der Waals surface area contributed by atoms with Crippen LogP contribution in [-0.2, 0) is 12.3 Å². The quantitative estimate of drug-likeness (QED) is 0.588. The molecule has 2 rings (SSSR count). The van der Waals surface area contributed by atoms with E-state index in [1.165, 1.54) is 27.4 Å². The van der Waals surface area contributed by atoms with E-state index in [9.17, 15) is 0 Å². The van der Waals surface area contributed by atoms with E-state index < -0.39 is 0 Å². The molecule has 88 valence electrons. The lowest BCUT2D eigenvalue weighted by Gasteiger charge is -2.11. The van der Waals surface area contributed by atoms with E-state index >= 15 is 0 Å². The standard InChI is InChI=1S/C15H17ClSi/c1-2-11-6-8-12(9-7-11)15-13(10-16)4-3-5-14(15)17/h3-9H,2,10H2,1,17H3. The second-order valence-electron chi connectivity index (χ2n) is 4.29. The molecule has 0 radical (unpaired) electrons. The minimum atomic E-state index is 0.584. The zero-order valence-electron chi connectivity index (χ0n) is 10.3. The molecular weight excluding hydrogens is 244 g/mol. The number of benzene rings is 2. The van der Waals surface area contributed by atoms with Crippen LogP contribution in [0.4, 0.5) is 0 Å². The van der Waals surface area contributed by atoms with Crippen molar-refractivity contribution in [3.63, 3.8) is 0 Å². The van der Waals surface area contributed by atoms with Crippen molar-refractivity contribution in [1.29, 1.82) is 0 Å². The molecule has 0 aliphatic rings. The highest BCUT2D eigenvalue weighted by molar-refractivity contribution is 6.36. The van der Waals surface area contributed by atoms with Gasteiger partial charge in [0.2, 0.25) is 0 Å². The summed E-state index contributed by atoms with van der Waals surface area (Å²) in [5.74, 6) is 0.584. The van der Waals surface area contributed by atoms with Crippen molar-refractivity contribution in [3.8, 4) is 11.1 Å². The minimum Gasteiger partial charge on any atom is -0.122 e. The topological polar surface area (TPSA) is 0 Å². The summed E-state index contributed by atoms with van der Waals surface area (Å²) in [6.07, 6.45) is 1.09. The van der Waals surface area contributed by atoms with Crippen molar-refractivity contribution < 1.29 is 0 Å². The predicted octanol–water partition coefficient (Wildman–Crippen LogP) is 2.65. The van der Waals surface area contributed by atoms with Crippen molar-refractivity contribution in [3.05, 3.63) is 53.6 Å². The Morgan fingerprint density at radius 2 is 1.76 bits per heavy atom. The minimum absolute atomic E-state index is 0.584. The van der Waals surface area contributed by atoms with Gasteiger partial charge in [0.15, 0.2) is 0 Å². The Balaban J connectivity index is 2.51. The maximum Gasteiger partial charge on any atom is 0.0480 e. The van der Waals surface area contributed by atoms with Crippen LogP contribution >= 0.6 is 11.6 Å². The van der Waals surface area contributed by atoms with Gasteiger partial charge in [-0.15, -0.1) is 11.6 Å². The number of alkyl halides is 1. The van der Waals surface area contributed by atoms with Gasteiger partial charge in [-0.3, -0.25) is 0 Å². The lowest BCUT2D eigenvalue weighted by Crippen LogP contribution is -2.08. The molecule has 0 spiro atoms. The molecule has 0 bridgehead atoms. The van der Waals surface area contributed by atoms with Crippen LogP contribution in [0.1, 0.15) is 18.1 Å². The van der Waals surface area contributed by atoms with E-state index in [0.717, 1.165) is 16.7 Å². The van der Waals surface area contributed by atoms with Gasteiger partial charge in [0.05, 0.1) is 0 Å². The summed E-state index contributed by atoms with van der Waals surface area (Å²) in [5.41, 5.74) is 5.26. The summed E-state index contributed by atoms with van der Waals surface area (Å²) in [7, 11) is 1.05. The maximum atomic E-state index is 6.03. The van der Waals surface area contributed by atoms with Crippen molar-refractivity contribution in [2.45, 2.75) is 19.2 Å². The molecule has 0 saturated heterocycles. The summed E-state index contributed by atoms with van der Waals surface area (Å²) in [6.45, 7) is 2.18. The molecule has 0 nitrogen and oxygen atoms in total. The fourth-order valence-corrected chi connectivity index (χ4v) is 3.19. The predicted molar refractivity (Wildman–Crippen MR) is 80.4 cm³/mol. The molecule has 0 amide bonds. The Kier molecular flexibility index (Phi) is 4.03. The molecule has 0 unspecified atom stereocenters. The first-order chi connectivity index (χ1) is 8.26. The number of hydrogen-bond donors (Lipinski definition) is 0. The SMILES string of the molecule is CCc1ccc(-c2c([SiH3])cccc2CCl)cc1. The molecule has 0 aliphatic carbocycles. The third kappa shape index (κ3) is 2.62. The van der Waals surface area contributed by atoms with Crippen molar-refractivity contribution >= 4 is 27.0 Å². The Hall–Kier alpha value is -1.05. The van der Waals surface area contributed by atoms with E-state index in [0.29, 0.717) is 5.88 Å². The van der Waals surface area contributed by atoms with E-state index in [4.69, 9.17) is 11.6 Å². The van der Waals surface area contributed by atoms with Crippen molar-refractivity contribution in [1.82, 2.24) is 0 Å². The second kappa shape index (κ2) is 5.52. The summed E-state index contributed by atoms with van der Waals surface area (Å²) in [6, 6.07) is 15.3. The third-order valence-corrected chi connectivity index (χ3v) is 4.28. The van der Waals surface area contributed by atoms with E-state index in [-0.39, 0.29) is 0 Å². The molecule has 0 heterocycles. The molecule has 0 fully saturated rings. The second-order valence-corrected chi connectivity index (χ2v) is 5.64. The zero-order chi connectivity index (χ0) is 12.3. The highest BCUT2D eigenvalue weighted by Crippen LogP contribution is 2.23. The monoisotopic (exact) mass is 260 g/mol. The molecule has 2 aromatic carbocycles. The van der Waals surface area contributed by atoms with Crippen LogP contribution in [0, 0.1) is 0 Å². The molecule has 0 aliphatic heterocycles. The highest BCUT2D eigenvalue weighted by Gasteiger charge is 2.06. The summed E-state index contributed by atoms with van der Waals surface area (Å²) >= 11 is 6.03. The first-order valence-electron chi connectivity index (χ1n) is 6.00. The summed E-state index contributed by atoms with van der Waals surface area (Å²) in [5, 5.41) is 1.42. The Labute approximate surface area is 111 Å². The molecule has 2 heteroatoms. The third-order valence-electron chi connectivity index (χ3n) is 3.15. The van der Waals surface area contributed by atoms with Gasteiger partial charge in [-0.2, -0.15) is 0 Å². The maximum absolute atomic E-state index is 6.03. The van der Waals surface area contributed by atoms with Gasteiger partial charge >= 0.3 is 0 Å². The first kappa shape index (κ1) is 12.4. The Morgan fingerprint density at radius 3 is 2.35 bits per heavy atom. The molecule has 0 N–H and O–H groups in total. The number of rotatable bonds is 3. The molecule has 0 saturated carbocycles. The van der Waals surface area contributed by atoms with Gasteiger partial charge in [-0.25, -0.2) is 0 Å². The first-order valence-corrected chi connectivity index (χ1v) is 7.53. The Bertz CT molecular complexity index is 503. The molecule has 2 aromatic rings. The molecular formula is C15H17ClSi. The van der Waals surface area contributed by atoms with Crippen LogP contribution in [0.15, 0.2) is 42.5 Å². The number of hydrogen-bond acceptors (Lipinski definition) is 0. The van der Waals surface area contributed by atoms with E-state index in [1.807, 2.05) is 0 Å². The van der Waals surface area contributed by atoms with Gasteiger partial charge in [0, 0.05) is 16.1 Å². The van der Waals surface area contributed by atoms with Crippen molar-refractivity contribution in [2.75, 3.05) is 0 Å². The molecule has 17 heavy (non-hydrogen) atoms. The average molecular weight is 261 g/mol. The Morgan fingerprint density at radius 1 is 1.06 bits per heavy atom. The van der Waals surface area contributed by atoms with Gasteiger partial charge in [-0.05, 0) is 28.7 Å². The highest BCUT2D eigenvalue weighted by atomic mass is 35.5. The van der Waals surface area contributed by atoms with Crippen LogP contribution in [0.5, 0.6) is 0 Å². The van der Waals surface area contributed by atoms with Gasteiger partial charge in [0.25, 0.3) is 0 Å². The fourth-order valence-electron chi connectivity index (χ4n) is 2.16. The van der Waals surface area contributed by atoms with Crippen LogP contribution < -0.4 is 5.19 Å². The van der Waals surface area contributed by atoms with Crippen LogP contribution in [0.25, 0.3) is 11.1 Å². The summed E-state index contributed by atoms with van der Waals surface area (Å²) < 4.78 is 0. The van der Waals surface area contributed by atoms with Crippen LogP contribution in [0.2, 0.25) is 0 Å². The van der Waals surface area contributed by atoms with E-state index in [1.54, 1.807) is 0 Å². The smallest absolute Gasteiger partial charge is 0.0480 e. The lowest BCUT2D eigenvalue weighted by atomic mass is 9.99.